The lowest BCUT2D eigenvalue weighted by Gasteiger charge is -2.32. The first-order valence-electron chi connectivity index (χ1n) is 9.90. The first kappa shape index (κ1) is 21.1. The Morgan fingerprint density at radius 2 is 1.61 bits per heavy atom. The van der Waals surface area contributed by atoms with Gasteiger partial charge in [0.25, 0.3) is 0 Å². The van der Waals surface area contributed by atoms with Gasteiger partial charge in [0, 0.05) is 5.92 Å². The van der Waals surface area contributed by atoms with E-state index in [-0.39, 0.29) is 23.1 Å². The Balaban J connectivity index is 1.72. The molecule has 152 valence electrons. The van der Waals surface area contributed by atoms with Gasteiger partial charge < -0.3 is 18.8 Å². The molecule has 0 N–H and O–H groups in total. The number of rotatable bonds is 6. The van der Waals surface area contributed by atoms with Crippen molar-refractivity contribution in [2.24, 2.45) is 5.92 Å². The number of esters is 1. The fourth-order valence-corrected chi connectivity index (χ4v) is 3.24. The van der Waals surface area contributed by atoms with Crippen molar-refractivity contribution in [3.8, 4) is 0 Å². The number of ether oxygens (including phenoxy) is 2. The van der Waals surface area contributed by atoms with Gasteiger partial charge in [0.15, 0.2) is 6.10 Å². The molecule has 1 aromatic rings. The van der Waals surface area contributed by atoms with Gasteiger partial charge in [-0.1, -0.05) is 49.3 Å². The Hall–Kier alpha value is -1.63. The first-order valence-corrected chi connectivity index (χ1v) is 9.90. The molecule has 0 amide bonds. The number of hydrogen-bond acceptors (Lipinski definition) is 5. The average Bonchev–Trinajstić information content (AvgIpc) is 3.19. The van der Waals surface area contributed by atoms with E-state index in [1.165, 1.54) is 0 Å². The van der Waals surface area contributed by atoms with Crippen LogP contribution in [0.2, 0.25) is 0 Å². The van der Waals surface area contributed by atoms with Crippen LogP contribution in [0.4, 0.5) is 0 Å². The Labute approximate surface area is 168 Å². The zero-order chi connectivity index (χ0) is 20.7. The van der Waals surface area contributed by atoms with Gasteiger partial charge in [0.05, 0.1) is 11.2 Å². The van der Waals surface area contributed by atoms with Gasteiger partial charge in [-0.25, -0.2) is 4.79 Å². The Morgan fingerprint density at radius 1 is 1.07 bits per heavy atom. The van der Waals surface area contributed by atoms with Crippen molar-refractivity contribution < 1.29 is 23.6 Å². The molecular formula is C22H31BO5. The third-order valence-corrected chi connectivity index (χ3v) is 5.90. The summed E-state index contributed by atoms with van der Waals surface area (Å²) in [5.74, 6) is 1.52. The van der Waals surface area contributed by atoms with Crippen molar-refractivity contribution in [2.45, 2.75) is 77.5 Å². The van der Waals surface area contributed by atoms with Crippen LogP contribution in [-0.4, -0.2) is 36.0 Å². The standard InChI is InChI=1S/C22H31BO5/c1-15(13-14-23-27-21(4,5)22(6,7)28-23)17(16-11-9-8-10-12-16)25-19(24)18-20(2,3)26-18/h8-15,17-18H,1-7H3/b14-13+/t15-,17+,18+/m1/s1. The van der Waals surface area contributed by atoms with Crippen molar-refractivity contribution in [3.63, 3.8) is 0 Å². The number of hydrogen-bond donors (Lipinski definition) is 0. The van der Waals surface area contributed by atoms with Gasteiger partial charge in [0.2, 0.25) is 0 Å². The van der Waals surface area contributed by atoms with Crippen molar-refractivity contribution >= 4 is 13.1 Å². The minimum absolute atomic E-state index is 0.0627. The fourth-order valence-electron chi connectivity index (χ4n) is 3.24. The third kappa shape index (κ3) is 4.34. The summed E-state index contributed by atoms with van der Waals surface area (Å²) in [4.78, 5) is 12.5. The Bertz CT molecular complexity index is 725. The first-order chi connectivity index (χ1) is 12.9. The second-order valence-corrected chi connectivity index (χ2v) is 9.24. The predicted octanol–water partition coefficient (Wildman–Crippen LogP) is 4.27. The van der Waals surface area contributed by atoms with Crippen LogP contribution in [0.25, 0.3) is 0 Å². The van der Waals surface area contributed by atoms with Crippen LogP contribution in [0.15, 0.2) is 42.4 Å². The quantitative estimate of drug-likeness (QED) is 0.415. The molecule has 0 aromatic heterocycles. The van der Waals surface area contributed by atoms with E-state index in [0.717, 1.165) is 5.56 Å². The largest absolute Gasteiger partial charge is 0.486 e. The zero-order valence-electron chi connectivity index (χ0n) is 17.9. The fraction of sp³-hybridized carbons (Fsp3) is 0.591. The summed E-state index contributed by atoms with van der Waals surface area (Å²) in [7, 11) is -0.426. The summed E-state index contributed by atoms with van der Waals surface area (Å²) in [5.41, 5.74) is -0.267. The lowest BCUT2D eigenvalue weighted by Crippen LogP contribution is -2.41. The summed E-state index contributed by atoms with van der Waals surface area (Å²) < 4.78 is 23.3. The molecule has 2 fully saturated rings. The Kier molecular flexibility index (Phi) is 5.52. The van der Waals surface area contributed by atoms with Crippen molar-refractivity contribution in [1.29, 1.82) is 0 Å². The highest BCUT2D eigenvalue weighted by Crippen LogP contribution is 2.39. The minimum atomic E-state index is -0.502. The summed E-state index contributed by atoms with van der Waals surface area (Å²) in [6.07, 6.45) is 1.08. The molecule has 2 aliphatic heterocycles. The summed E-state index contributed by atoms with van der Waals surface area (Å²) in [6.45, 7) is 13.9. The highest BCUT2D eigenvalue weighted by atomic mass is 16.7. The van der Waals surface area contributed by atoms with E-state index in [2.05, 4.69) is 0 Å². The van der Waals surface area contributed by atoms with Crippen molar-refractivity contribution in [1.82, 2.24) is 0 Å². The van der Waals surface area contributed by atoms with Gasteiger partial charge in [-0.3, -0.25) is 0 Å². The third-order valence-electron chi connectivity index (χ3n) is 5.90. The second kappa shape index (κ2) is 7.32. The van der Waals surface area contributed by atoms with Gasteiger partial charge in [-0.15, -0.1) is 0 Å². The highest BCUT2D eigenvalue weighted by molar-refractivity contribution is 6.51. The molecule has 5 nitrogen and oxygen atoms in total. The number of carbonyl (C=O) groups is 1. The SMILES string of the molecule is C[C@H](/C=C/B1OC(C)(C)C(C)(C)O1)[C@H](OC(=O)[C@@H]1OC1(C)C)c1ccccc1. The Morgan fingerprint density at radius 3 is 2.11 bits per heavy atom. The van der Waals surface area contributed by atoms with E-state index < -0.39 is 24.9 Å². The minimum Gasteiger partial charge on any atom is -0.455 e. The highest BCUT2D eigenvalue weighted by Gasteiger charge is 2.55. The van der Waals surface area contributed by atoms with Crippen molar-refractivity contribution in [3.05, 3.63) is 47.9 Å². The zero-order valence-corrected chi connectivity index (χ0v) is 17.9. The maximum Gasteiger partial charge on any atom is 0.486 e. The van der Waals surface area contributed by atoms with Crippen LogP contribution in [0, 0.1) is 5.92 Å². The topological polar surface area (TPSA) is 57.3 Å². The summed E-state index contributed by atoms with van der Waals surface area (Å²) in [6, 6.07) is 9.77. The monoisotopic (exact) mass is 386 g/mol. The van der Waals surface area contributed by atoms with E-state index in [9.17, 15) is 4.79 Å². The molecule has 1 aromatic carbocycles. The molecule has 0 saturated carbocycles. The van der Waals surface area contributed by atoms with Gasteiger partial charge in [-0.05, 0) is 47.1 Å². The molecule has 6 heteroatoms. The van der Waals surface area contributed by atoms with Crippen LogP contribution < -0.4 is 0 Å². The van der Waals surface area contributed by atoms with Gasteiger partial charge in [-0.2, -0.15) is 0 Å². The van der Waals surface area contributed by atoms with Crippen LogP contribution in [-0.2, 0) is 23.6 Å². The molecule has 0 spiro atoms. The lowest BCUT2D eigenvalue weighted by molar-refractivity contribution is -0.152. The van der Waals surface area contributed by atoms with E-state index in [1.54, 1.807) is 0 Å². The molecule has 0 aliphatic carbocycles. The molecule has 0 unspecified atom stereocenters. The normalized spacial score (nSPS) is 26.8. The molecule has 3 rings (SSSR count). The molecule has 0 bridgehead atoms. The van der Waals surface area contributed by atoms with Gasteiger partial charge in [0.1, 0.15) is 11.7 Å². The van der Waals surface area contributed by atoms with E-state index in [1.807, 2.05) is 90.8 Å². The summed E-state index contributed by atoms with van der Waals surface area (Å²) in [5, 5.41) is 0. The molecule has 28 heavy (non-hydrogen) atoms. The lowest BCUT2D eigenvalue weighted by atomic mass is 9.86. The van der Waals surface area contributed by atoms with Crippen LogP contribution in [0.5, 0.6) is 0 Å². The van der Waals surface area contributed by atoms with Crippen LogP contribution in [0.1, 0.15) is 60.1 Å². The van der Waals surface area contributed by atoms with Crippen LogP contribution >= 0.6 is 0 Å². The number of carbonyl (C=O) groups excluding carboxylic acids is 1. The molecule has 2 aliphatic rings. The molecule has 2 heterocycles. The average molecular weight is 386 g/mol. The van der Waals surface area contributed by atoms with Crippen LogP contribution in [0.3, 0.4) is 0 Å². The van der Waals surface area contributed by atoms with Gasteiger partial charge >= 0.3 is 13.1 Å². The van der Waals surface area contributed by atoms with E-state index >= 15 is 0 Å². The molecular weight excluding hydrogens is 355 g/mol. The molecule has 2 saturated heterocycles. The summed E-state index contributed by atoms with van der Waals surface area (Å²) >= 11 is 0. The number of epoxide rings is 1. The second-order valence-electron chi connectivity index (χ2n) is 9.24. The van der Waals surface area contributed by atoms with E-state index in [4.69, 9.17) is 18.8 Å². The van der Waals surface area contributed by atoms with E-state index in [0.29, 0.717) is 0 Å². The maximum absolute atomic E-state index is 12.5. The van der Waals surface area contributed by atoms with Crippen molar-refractivity contribution in [2.75, 3.05) is 0 Å². The molecule has 3 atom stereocenters. The number of benzene rings is 1. The smallest absolute Gasteiger partial charge is 0.455 e. The maximum atomic E-state index is 12.5. The molecule has 0 radical (unpaired) electrons. The predicted molar refractivity (Wildman–Crippen MR) is 109 cm³/mol.